The first-order valence-corrected chi connectivity index (χ1v) is 6.83. The van der Waals surface area contributed by atoms with Crippen LogP contribution in [0, 0.1) is 6.92 Å². The Morgan fingerprint density at radius 1 is 1.56 bits per heavy atom. The molecule has 0 saturated heterocycles. The molecule has 0 saturated carbocycles. The smallest absolute Gasteiger partial charge is 0.103 e. The minimum atomic E-state index is 0.112. The molecule has 0 aliphatic heterocycles. The van der Waals surface area contributed by atoms with Crippen LogP contribution in [0.1, 0.15) is 23.6 Å². The van der Waals surface area contributed by atoms with Gasteiger partial charge in [0.15, 0.2) is 0 Å². The second kappa shape index (κ2) is 5.71. The Bertz CT molecular complexity index is 505. The second-order valence-electron chi connectivity index (χ2n) is 4.55. The molecule has 2 aromatic rings. The minimum Gasteiger partial charge on any atom is -0.469 e. The lowest BCUT2D eigenvalue weighted by Gasteiger charge is -2.11. The molecule has 1 unspecified atom stereocenters. The van der Waals surface area contributed by atoms with Crippen LogP contribution in [0.4, 0.5) is 0 Å². The van der Waals surface area contributed by atoms with E-state index >= 15 is 0 Å². The highest BCUT2D eigenvalue weighted by molar-refractivity contribution is 9.10. The maximum atomic E-state index is 6.17. The molecule has 0 aliphatic carbocycles. The first-order valence-electron chi connectivity index (χ1n) is 6.04. The highest BCUT2D eigenvalue weighted by Gasteiger charge is 2.14. The van der Waals surface area contributed by atoms with Gasteiger partial charge in [-0.2, -0.15) is 5.10 Å². The molecule has 18 heavy (non-hydrogen) atoms. The van der Waals surface area contributed by atoms with Crippen LogP contribution in [0.25, 0.3) is 0 Å². The Morgan fingerprint density at radius 3 is 2.89 bits per heavy atom. The van der Waals surface area contributed by atoms with Crippen molar-refractivity contribution >= 4 is 15.9 Å². The van der Waals surface area contributed by atoms with Gasteiger partial charge in [-0.3, -0.25) is 4.68 Å². The second-order valence-corrected chi connectivity index (χ2v) is 5.34. The molecule has 0 aromatic carbocycles. The van der Waals surface area contributed by atoms with Crippen molar-refractivity contribution in [2.75, 3.05) is 0 Å². The molecule has 4 nitrogen and oxygen atoms in total. The number of hydrogen-bond donors (Lipinski definition) is 1. The van der Waals surface area contributed by atoms with Crippen LogP contribution in [-0.4, -0.2) is 15.8 Å². The van der Waals surface area contributed by atoms with E-state index < -0.39 is 0 Å². The van der Waals surface area contributed by atoms with Crippen LogP contribution in [-0.2, 0) is 19.9 Å². The van der Waals surface area contributed by atoms with Crippen LogP contribution in [0.3, 0.4) is 0 Å². The number of furan rings is 1. The highest BCUT2D eigenvalue weighted by atomic mass is 79.9. The van der Waals surface area contributed by atoms with Gasteiger partial charge in [0.25, 0.3) is 0 Å². The zero-order chi connectivity index (χ0) is 13.1. The SMILES string of the molecule is Cc1nn(C)c(CC(N)CCc2ccco2)c1Br. The maximum Gasteiger partial charge on any atom is 0.103 e. The summed E-state index contributed by atoms with van der Waals surface area (Å²) < 4.78 is 8.27. The Balaban J connectivity index is 1.92. The molecule has 0 spiro atoms. The van der Waals surface area contributed by atoms with Gasteiger partial charge in [0.05, 0.1) is 22.1 Å². The summed E-state index contributed by atoms with van der Waals surface area (Å²) in [6.45, 7) is 1.99. The number of rotatable bonds is 5. The van der Waals surface area contributed by atoms with Gasteiger partial charge < -0.3 is 10.2 Å². The number of nitrogens with two attached hydrogens (primary N) is 1. The van der Waals surface area contributed by atoms with Crippen LogP contribution >= 0.6 is 15.9 Å². The summed E-state index contributed by atoms with van der Waals surface area (Å²) in [5.41, 5.74) is 8.32. The lowest BCUT2D eigenvalue weighted by molar-refractivity contribution is 0.480. The summed E-state index contributed by atoms with van der Waals surface area (Å²) in [5.74, 6) is 0.991. The molecule has 0 radical (unpaired) electrons. The van der Waals surface area contributed by atoms with E-state index in [0.29, 0.717) is 0 Å². The lowest BCUT2D eigenvalue weighted by atomic mass is 10.1. The molecule has 2 rings (SSSR count). The van der Waals surface area contributed by atoms with Crippen LogP contribution in [0.15, 0.2) is 27.3 Å². The van der Waals surface area contributed by atoms with E-state index in [-0.39, 0.29) is 6.04 Å². The molecule has 2 aromatic heterocycles. The van der Waals surface area contributed by atoms with E-state index in [9.17, 15) is 0 Å². The first-order chi connectivity index (χ1) is 8.58. The largest absolute Gasteiger partial charge is 0.469 e. The van der Waals surface area contributed by atoms with E-state index in [4.69, 9.17) is 10.2 Å². The predicted molar refractivity (Wildman–Crippen MR) is 74.4 cm³/mol. The molecule has 0 amide bonds. The van der Waals surface area contributed by atoms with Crippen molar-refractivity contribution in [2.24, 2.45) is 12.8 Å². The van der Waals surface area contributed by atoms with Gasteiger partial charge in [-0.25, -0.2) is 0 Å². The minimum absolute atomic E-state index is 0.112. The van der Waals surface area contributed by atoms with Crippen molar-refractivity contribution in [3.8, 4) is 0 Å². The zero-order valence-corrected chi connectivity index (χ0v) is 12.3. The fraction of sp³-hybridized carbons (Fsp3) is 0.462. The van der Waals surface area contributed by atoms with Crippen molar-refractivity contribution in [1.29, 1.82) is 0 Å². The Morgan fingerprint density at radius 2 is 2.33 bits per heavy atom. The molecule has 0 fully saturated rings. The van der Waals surface area contributed by atoms with E-state index in [1.165, 1.54) is 0 Å². The van der Waals surface area contributed by atoms with E-state index in [0.717, 1.165) is 40.9 Å². The van der Waals surface area contributed by atoms with Crippen molar-refractivity contribution in [3.63, 3.8) is 0 Å². The Labute approximate surface area is 115 Å². The third kappa shape index (κ3) is 3.03. The number of aryl methyl sites for hydroxylation is 3. The van der Waals surface area contributed by atoms with E-state index in [2.05, 4.69) is 21.0 Å². The predicted octanol–water partition coefficient (Wildman–Crippen LogP) is 2.59. The molecule has 1 atom stereocenters. The van der Waals surface area contributed by atoms with Crippen LogP contribution in [0.5, 0.6) is 0 Å². The molecular formula is C13H18BrN3O. The fourth-order valence-electron chi connectivity index (χ4n) is 2.03. The standard InChI is InChI=1S/C13H18BrN3O/c1-9-13(14)12(17(2)16-9)8-10(15)5-6-11-4-3-7-18-11/h3-4,7,10H,5-6,8,15H2,1-2H3. The first kappa shape index (κ1) is 13.4. The van der Waals surface area contributed by atoms with Gasteiger partial charge >= 0.3 is 0 Å². The molecule has 5 heteroatoms. The normalized spacial score (nSPS) is 12.9. The topological polar surface area (TPSA) is 57.0 Å². The summed E-state index contributed by atoms with van der Waals surface area (Å²) in [5, 5.41) is 4.37. The number of hydrogen-bond acceptors (Lipinski definition) is 3. The third-order valence-corrected chi connectivity index (χ3v) is 4.09. The van der Waals surface area contributed by atoms with Crippen molar-refractivity contribution < 1.29 is 4.42 Å². The maximum absolute atomic E-state index is 6.17. The van der Waals surface area contributed by atoms with Crippen molar-refractivity contribution in [2.45, 2.75) is 32.2 Å². The monoisotopic (exact) mass is 311 g/mol. The number of halogens is 1. The molecule has 98 valence electrons. The van der Waals surface area contributed by atoms with Gasteiger partial charge in [0, 0.05) is 25.9 Å². The average Bonchev–Trinajstić information content (AvgIpc) is 2.92. The summed E-state index contributed by atoms with van der Waals surface area (Å²) >= 11 is 3.56. The molecule has 0 bridgehead atoms. The van der Waals surface area contributed by atoms with Gasteiger partial charge in [0.2, 0.25) is 0 Å². The van der Waals surface area contributed by atoms with Crippen molar-refractivity contribution in [3.05, 3.63) is 40.0 Å². The molecule has 2 heterocycles. The summed E-state index contributed by atoms with van der Waals surface area (Å²) in [6, 6.07) is 4.00. The molecular weight excluding hydrogens is 294 g/mol. The quantitative estimate of drug-likeness (QED) is 0.923. The van der Waals surface area contributed by atoms with Gasteiger partial charge in [-0.05, 0) is 41.4 Å². The van der Waals surface area contributed by atoms with Gasteiger partial charge in [-0.15, -0.1) is 0 Å². The number of aromatic nitrogens is 2. The Kier molecular flexibility index (Phi) is 4.24. The summed E-state index contributed by atoms with van der Waals surface area (Å²) in [6.07, 6.45) is 4.30. The number of nitrogens with zero attached hydrogens (tertiary/aromatic N) is 2. The average molecular weight is 312 g/mol. The molecule has 2 N–H and O–H groups in total. The zero-order valence-electron chi connectivity index (χ0n) is 10.7. The van der Waals surface area contributed by atoms with Crippen molar-refractivity contribution in [1.82, 2.24) is 9.78 Å². The highest BCUT2D eigenvalue weighted by Crippen LogP contribution is 2.22. The van der Waals surface area contributed by atoms with Gasteiger partial charge in [0.1, 0.15) is 5.76 Å². The van der Waals surface area contributed by atoms with E-state index in [1.807, 2.05) is 30.8 Å². The van der Waals surface area contributed by atoms with Gasteiger partial charge in [-0.1, -0.05) is 0 Å². The van der Waals surface area contributed by atoms with E-state index in [1.54, 1.807) is 6.26 Å². The third-order valence-electron chi connectivity index (χ3n) is 3.06. The Hall–Kier alpha value is -1.07. The molecule has 0 aliphatic rings. The lowest BCUT2D eigenvalue weighted by Crippen LogP contribution is -2.24. The summed E-state index contributed by atoms with van der Waals surface area (Å²) in [4.78, 5) is 0. The summed E-state index contributed by atoms with van der Waals surface area (Å²) in [7, 11) is 1.95. The fourth-order valence-corrected chi connectivity index (χ4v) is 2.53. The van der Waals surface area contributed by atoms with Crippen LogP contribution in [0.2, 0.25) is 0 Å². The van der Waals surface area contributed by atoms with Crippen LogP contribution < -0.4 is 5.73 Å².